The van der Waals surface area contributed by atoms with E-state index in [9.17, 15) is 9.59 Å². The van der Waals surface area contributed by atoms with Crippen molar-refractivity contribution >= 4 is 12.4 Å². The molecule has 168 valence electrons. The first-order valence-corrected chi connectivity index (χ1v) is 11.4. The minimum Gasteiger partial charge on any atom is -0.490 e. The first-order chi connectivity index (χ1) is 15.3. The Morgan fingerprint density at radius 1 is 0.677 bits per heavy atom. The van der Waals surface area contributed by atoms with Gasteiger partial charge in [-0.05, 0) is 37.1 Å². The fourth-order valence-corrected chi connectivity index (χ4v) is 3.36. The van der Waals surface area contributed by atoms with E-state index in [2.05, 4.69) is 0 Å². The van der Waals surface area contributed by atoms with Crippen LogP contribution in [0, 0.1) is 0 Å². The minimum atomic E-state index is -0.144. The topological polar surface area (TPSA) is 61.8 Å². The molecule has 2 aromatic carbocycles. The maximum absolute atomic E-state index is 11.8. The standard InChI is InChI=1S/C26H34O5/c27-22-30-25-19-14-13-18-24(25)29-21-15-8-6-4-2-1-3-5-7-12-20-26(28)31-23-16-10-9-11-17-23/h9-11,13-14,16-19,22H,1-8,12,15,20-21H2. The second kappa shape index (κ2) is 15.9. The Kier molecular flexibility index (Phi) is 12.6. The summed E-state index contributed by atoms with van der Waals surface area (Å²) in [6, 6.07) is 16.4. The Hall–Kier alpha value is -2.82. The summed E-state index contributed by atoms with van der Waals surface area (Å²) in [5.41, 5.74) is 0. The molecule has 0 atom stereocenters. The van der Waals surface area contributed by atoms with Crippen molar-refractivity contribution in [3.63, 3.8) is 0 Å². The Labute approximate surface area is 185 Å². The van der Waals surface area contributed by atoms with Gasteiger partial charge in [-0.1, -0.05) is 81.7 Å². The Bertz CT molecular complexity index is 744. The molecule has 0 saturated carbocycles. The summed E-state index contributed by atoms with van der Waals surface area (Å²) in [5.74, 6) is 1.55. The highest BCUT2D eigenvalue weighted by atomic mass is 16.5. The molecule has 0 N–H and O–H groups in total. The van der Waals surface area contributed by atoms with E-state index >= 15 is 0 Å². The highest BCUT2D eigenvalue weighted by molar-refractivity contribution is 5.72. The van der Waals surface area contributed by atoms with Gasteiger partial charge in [-0.25, -0.2) is 0 Å². The zero-order valence-electron chi connectivity index (χ0n) is 18.3. The molecule has 0 saturated heterocycles. The van der Waals surface area contributed by atoms with E-state index in [0.717, 1.165) is 25.7 Å². The van der Waals surface area contributed by atoms with Crippen LogP contribution < -0.4 is 14.2 Å². The Morgan fingerprint density at radius 2 is 1.23 bits per heavy atom. The molecule has 2 rings (SSSR count). The average Bonchev–Trinajstić information content (AvgIpc) is 2.79. The molecule has 5 nitrogen and oxygen atoms in total. The number of rotatable bonds is 17. The van der Waals surface area contributed by atoms with Crippen LogP contribution >= 0.6 is 0 Å². The van der Waals surface area contributed by atoms with Crippen molar-refractivity contribution in [1.82, 2.24) is 0 Å². The van der Waals surface area contributed by atoms with Crippen molar-refractivity contribution in [2.75, 3.05) is 6.61 Å². The third-order valence-electron chi connectivity index (χ3n) is 5.03. The van der Waals surface area contributed by atoms with Crippen molar-refractivity contribution in [2.45, 2.75) is 70.6 Å². The van der Waals surface area contributed by atoms with Gasteiger partial charge >= 0.3 is 5.97 Å². The molecule has 31 heavy (non-hydrogen) atoms. The lowest BCUT2D eigenvalue weighted by Crippen LogP contribution is -2.07. The van der Waals surface area contributed by atoms with Gasteiger partial charge in [-0.3, -0.25) is 9.59 Å². The molecule has 0 aromatic heterocycles. The fourth-order valence-electron chi connectivity index (χ4n) is 3.36. The van der Waals surface area contributed by atoms with Gasteiger partial charge in [0.1, 0.15) is 5.75 Å². The van der Waals surface area contributed by atoms with E-state index in [1.54, 1.807) is 18.2 Å². The van der Waals surface area contributed by atoms with Gasteiger partial charge < -0.3 is 14.2 Å². The number of benzene rings is 2. The van der Waals surface area contributed by atoms with Crippen LogP contribution in [0.25, 0.3) is 0 Å². The van der Waals surface area contributed by atoms with E-state index in [-0.39, 0.29) is 5.97 Å². The summed E-state index contributed by atoms with van der Waals surface area (Å²) >= 11 is 0. The SMILES string of the molecule is O=COc1ccccc1OCCCCCCCCCCCCC(=O)Oc1ccccc1. The Balaban J connectivity index is 1.36. The van der Waals surface area contributed by atoms with Gasteiger partial charge in [0.15, 0.2) is 11.5 Å². The molecule has 0 fully saturated rings. The predicted octanol–water partition coefficient (Wildman–Crippen LogP) is 6.50. The summed E-state index contributed by atoms with van der Waals surface area (Å²) in [5, 5.41) is 0. The van der Waals surface area contributed by atoms with Crippen molar-refractivity contribution in [3.05, 3.63) is 54.6 Å². The zero-order chi connectivity index (χ0) is 22.0. The fraction of sp³-hybridized carbons (Fsp3) is 0.462. The first kappa shape index (κ1) is 24.4. The molecule has 2 aromatic rings. The van der Waals surface area contributed by atoms with Crippen molar-refractivity contribution < 1.29 is 23.8 Å². The number of ether oxygens (including phenoxy) is 3. The summed E-state index contributed by atoms with van der Waals surface area (Å²) in [7, 11) is 0. The molecule has 0 unspecified atom stereocenters. The van der Waals surface area contributed by atoms with Gasteiger partial charge in [0.2, 0.25) is 0 Å². The van der Waals surface area contributed by atoms with Crippen LogP contribution in [-0.2, 0) is 9.59 Å². The minimum absolute atomic E-state index is 0.144. The number of carbonyl (C=O) groups excluding carboxylic acids is 2. The zero-order valence-corrected chi connectivity index (χ0v) is 18.3. The molecule has 5 heteroatoms. The van der Waals surface area contributed by atoms with Gasteiger partial charge in [-0.2, -0.15) is 0 Å². The average molecular weight is 427 g/mol. The quantitative estimate of drug-likeness (QED) is 0.125. The number of hydrogen-bond donors (Lipinski definition) is 0. The number of para-hydroxylation sites is 3. The molecule has 0 amide bonds. The van der Waals surface area contributed by atoms with Crippen molar-refractivity contribution in [1.29, 1.82) is 0 Å². The second-order valence-electron chi connectivity index (χ2n) is 7.58. The number of carbonyl (C=O) groups is 2. The number of hydrogen-bond acceptors (Lipinski definition) is 5. The van der Waals surface area contributed by atoms with Gasteiger partial charge in [0, 0.05) is 6.42 Å². The third kappa shape index (κ3) is 11.2. The molecule has 0 aliphatic rings. The number of esters is 1. The number of unbranched alkanes of at least 4 members (excludes halogenated alkanes) is 9. The van der Waals surface area contributed by atoms with Gasteiger partial charge in [-0.15, -0.1) is 0 Å². The summed E-state index contributed by atoms with van der Waals surface area (Å²) in [6.45, 7) is 1.05. The van der Waals surface area contributed by atoms with Crippen LogP contribution in [-0.4, -0.2) is 19.0 Å². The van der Waals surface area contributed by atoms with Crippen LogP contribution in [0.1, 0.15) is 70.6 Å². The highest BCUT2D eigenvalue weighted by Crippen LogP contribution is 2.26. The molecule has 0 radical (unpaired) electrons. The van der Waals surface area contributed by atoms with Crippen LogP contribution in [0.5, 0.6) is 17.2 Å². The van der Waals surface area contributed by atoms with Crippen LogP contribution in [0.4, 0.5) is 0 Å². The van der Waals surface area contributed by atoms with E-state index in [1.165, 1.54) is 38.5 Å². The Morgan fingerprint density at radius 3 is 1.87 bits per heavy atom. The smallest absolute Gasteiger partial charge is 0.311 e. The molecule has 0 bridgehead atoms. The van der Waals surface area contributed by atoms with E-state index in [0.29, 0.717) is 36.7 Å². The molecular formula is C26H34O5. The van der Waals surface area contributed by atoms with Crippen molar-refractivity contribution in [3.8, 4) is 17.2 Å². The van der Waals surface area contributed by atoms with E-state index in [1.807, 2.05) is 36.4 Å². The van der Waals surface area contributed by atoms with Crippen LogP contribution in [0.2, 0.25) is 0 Å². The lowest BCUT2D eigenvalue weighted by Gasteiger charge is -2.09. The van der Waals surface area contributed by atoms with Gasteiger partial charge in [0.05, 0.1) is 6.61 Å². The largest absolute Gasteiger partial charge is 0.490 e. The molecule has 0 heterocycles. The molecule has 0 aliphatic heterocycles. The molecular weight excluding hydrogens is 392 g/mol. The van der Waals surface area contributed by atoms with E-state index < -0.39 is 0 Å². The molecule has 0 aliphatic carbocycles. The monoisotopic (exact) mass is 426 g/mol. The van der Waals surface area contributed by atoms with Gasteiger partial charge in [0.25, 0.3) is 6.47 Å². The van der Waals surface area contributed by atoms with Crippen LogP contribution in [0.15, 0.2) is 54.6 Å². The predicted molar refractivity (Wildman–Crippen MR) is 121 cm³/mol. The first-order valence-electron chi connectivity index (χ1n) is 11.4. The summed E-state index contributed by atoms with van der Waals surface area (Å²) < 4.78 is 15.9. The normalized spacial score (nSPS) is 10.5. The second-order valence-corrected chi connectivity index (χ2v) is 7.58. The summed E-state index contributed by atoms with van der Waals surface area (Å²) in [6.07, 6.45) is 12.0. The lowest BCUT2D eigenvalue weighted by molar-refractivity contribution is -0.134. The summed E-state index contributed by atoms with van der Waals surface area (Å²) in [4.78, 5) is 22.3. The highest BCUT2D eigenvalue weighted by Gasteiger charge is 2.05. The molecule has 0 spiro atoms. The maximum atomic E-state index is 11.8. The van der Waals surface area contributed by atoms with E-state index in [4.69, 9.17) is 14.2 Å². The van der Waals surface area contributed by atoms with Crippen LogP contribution in [0.3, 0.4) is 0 Å². The lowest BCUT2D eigenvalue weighted by atomic mass is 10.1. The van der Waals surface area contributed by atoms with Crippen molar-refractivity contribution in [2.24, 2.45) is 0 Å². The maximum Gasteiger partial charge on any atom is 0.311 e. The third-order valence-corrected chi connectivity index (χ3v) is 5.03.